The Hall–Kier alpha value is -9.19. The lowest BCUT2D eigenvalue weighted by Gasteiger charge is -2.34. The largest absolute Gasteiger partial charge is 0.264 e. The second-order valence-electron chi connectivity index (χ2n) is 17.6. The molecule has 0 spiro atoms. The van der Waals surface area contributed by atoms with Gasteiger partial charge in [0.05, 0.1) is 16.6 Å². The van der Waals surface area contributed by atoms with Crippen molar-refractivity contribution in [3.63, 3.8) is 0 Å². The summed E-state index contributed by atoms with van der Waals surface area (Å²) in [6.07, 6.45) is 3.78. The third-order valence-corrected chi connectivity index (χ3v) is 13.7. The first kappa shape index (κ1) is 40.1. The van der Waals surface area contributed by atoms with Crippen molar-refractivity contribution in [3.05, 3.63) is 271 Å². The Morgan fingerprint density at radius 3 is 1.51 bits per heavy atom. The zero-order chi connectivity index (χ0) is 45.7. The standard InChI is InChI=1S/C64H41N5/c1-5-18-44(19-6-1)61-67-62(45-20-7-2-8-21-45)69-63(68-61)48-39-46(42-32-34-43(35-33-42)60-55-41-65-37-36-52(55)53-26-14-16-31-58(53)66-60)38-47(40-48)51-28-17-30-57-59(51)54-27-13-15-29-56(54)64(57,49-22-9-3-10-23-49)50-24-11-4-12-25-50/h1-41H. The van der Waals surface area contributed by atoms with Gasteiger partial charge in [0.1, 0.15) is 0 Å². The van der Waals surface area contributed by atoms with Gasteiger partial charge in [-0.3, -0.25) is 4.98 Å². The highest BCUT2D eigenvalue weighted by atomic mass is 15.0. The molecule has 0 fully saturated rings. The molecule has 3 heterocycles. The third-order valence-electron chi connectivity index (χ3n) is 13.7. The summed E-state index contributed by atoms with van der Waals surface area (Å²) in [5, 5.41) is 3.27. The van der Waals surface area contributed by atoms with E-state index in [1.165, 1.54) is 33.4 Å². The van der Waals surface area contributed by atoms with Gasteiger partial charge >= 0.3 is 0 Å². The Morgan fingerprint density at radius 1 is 0.304 bits per heavy atom. The fourth-order valence-electron chi connectivity index (χ4n) is 10.6. The van der Waals surface area contributed by atoms with Crippen LogP contribution in [0.2, 0.25) is 0 Å². The van der Waals surface area contributed by atoms with Crippen molar-refractivity contribution >= 4 is 21.7 Å². The molecule has 0 N–H and O–H groups in total. The molecule has 0 amide bonds. The molecule has 0 aliphatic heterocycles. The highest BCUT2D eigenvalue weighted by Crippen LogP contribution is 2.58. The third kappa shape index (κ3) is 6.74. The molecule has 1 aliphatic carbocycles. The topological polar surface area (TPSA) is 64.5 Å². The molecular formula is C64H41N5. The average molecular weight is 880 g/mol. The smallest absolute Gasteiger partial charge is 0.164 e. The lowest BCUT2D eigenvalue weighted by Crippen LogP contribution is -2.28. The zero-order valence-corrected chi connectivity index (χ0v) is 37.4. The molecule has 3 aromatic heterocycles. The van der Waals surface area contributed by atoms with Gasteiger partial charge < -0.3 is 0 Å². The number of fused-ring (bicyclic) bond motifs is 6. The summed E-state index contributed by atoms with van der Waals surface area (Å²) >= 11 is 0. The molecule has 5 heteroatoms. The van der Waals surface area contributed by atoms with E-state index in [9.17, 15) is 0 Å². The van der Waals surface area contributed by atoms with Crippen molar-refractivity contribution in [2.45, 2.75) is 5.41 Å². The van der Waals surface area contributed by atoms with E-state index in [0.29, 0.717) is 17.5 Å². The molecule has 0 bridgehead atoms. The van der Waals surface area contributed by atoms with Crippen LogP contribution in [0.4, 0.5) is 0 Å². The van der Waals surface area contributed by atoms with Gasteiger partial charge in [-0.05, 0) is 91.4 Å². The number of hydrogen-bond acceptors (Lipinski definition) is 5. The maximum atomic E-state index is 5.25. The molecule has 322 valence electrons. The van der Waals surface area contributed by atoms with Crippen LogP contribution in [0.25, 0.3) is 100 Å². The Bertz CT molecular complexity index is 3780. The van der Waals surface area contributed by atoms with Crippen LogP contribution in [0.3, 0.4) is 0 Å². The van der Waals surface area contributed by atoms with E-state index in [4.69, 9.17) is 19.9 Å². The first-order valence-corrected chi connectivity index (χ1v) is 23.3. The summed E-state index contributed by atoms with van der Waals surface area (Å²) in [5.41, 5.74) is 16.8. The van der Waals surface area contributed by atoms with Crippen LogP contribution < -0.4 is 0 Å². The number of nitrogens with zero attached hydrogens (tertiary/aromatic N) is 5. The lowest BCUT2D eigenvalue weighted by atomic mass is 9.67. The summed E-state index contributed by atoms with van der Waals surface area (Å²) in [4.78, 5) is 25.3. The number of para-hydroxylation sites is 1. The maximum Gasteiger partial charge on any atom is 0.164 e. The van der Waals surface area contributed by atoms with Crippen molar-refractivity contribution in [1.29, 1.82) is 0 Å². The molecule has 0 unspecified atom stereocenters. The molecule has 1 aliphatic rings. The van der Waals surface area contributed by atoms with Gasteiger partial charge in [0.25, 0.3) is 0 Å². The van der Waals surface area contributed by atoms with Gasteiger partial charge in [0.15, 0.2) is 17.5 Å². The summed E-state index contributed by atoms with van der Waals surface area (Å²) in [5.74, 6) is 1.83. The van der Waals surface area contributed by atoms with Gasteiger partial charge in [-0.2, -0.15) is 0 Å². The second kappa shape index (κ2) is 16.6. The monoisotopic (exact) mass is 879 g/mol. The van der Waals surface area contributed by atoms with Crippen molar-refractivity contribution in [2.75, 3.05) is 0 Å². The van der Waals surface area contributed by atoms with Crippen LogP contribution in [0, 0.1) is 0 Å². The molecular weight excluding hydrogens is 839 g/mol. The predicted octanol–water partition coefficient (Wildman–Crippen LogP) is 15.3. The van der Waals surface area contributed by atoms with E-state index in [-0.39, 0.29) is 0 Å². The van der Waals surface area contributed by atoms with Crippen molar-refractivity contribution in [2.24, 2.45) is 0 Å². The highest BCUT2D eigenvalue weighted by Gasteiger charge is 2.46. The Morgan fingerprint density at radius 2 is 0.826 bits per heavy atom. The Balaban J connectivity index is 1.05. The van der Waals surface area contributed by atoms with Gasteiger partial charge in [-0.25, -0.2) is 19.9 Å². The van der Waals surface area contributed by atoms with E-state index in [0.717, 1.165) is 71.9 Å². The number of benzene rings is 9. The van der Waals surface area contributed by atoms with E-state index in [1.807, 2.05) is 54.9 Å². The zero-order valence-electron chi connectivity index (χ0n) is 37.4. The SMILES string of the molecule is c1ccc(-c2nc(-c3ccccc3)nc(-c3cc(-c4ccc(-c5nc6ccccc6c6ccncc56)cc4)cc(-c4cccc5c4-c4ccccc4C5(c4ccccc4)c4ccccc4)c3)n2)cc1. The number of rotatable bonds is 8. The highest BCUT2D eigenvalue weighted by molar-refractivity contribution is 6.10. The molecule has 9 aromatic carbocycles. The first-order valence-electron chi connectivity index (χ1n) is 23.3. The number of hydrogen-bond donors (Lipinski definition) is 0. The van der Waals surface area contributed by atoms with Crippen LogP contribution in [0.1, 0.15) is 22.3 Å². The molecule has 69 heavy (non-hydrogen) atoms. The summed E-state index contributed by atoms with van der Waals surface area (Å²) in [7, 11) is 0. The van der Waals surface area contributed by atoms with Crippen molar-refractivity contribution in [1.82, 2.24) is 24.9 Å². The predicted molar refractivity (Wildman–Crippen MR) is 280 cm³/mol. The lowest BCUT2D eigenvalue weighted by molar-refractivity contribution is 0.768. The Kier molecular flexibility index (Phi) is 9.65. The molecule has 13 rings (SSSR count). The average Bonchev–Trinajstić information content (AvgIpc) is 3.75. The molecule has 5 nitrogen and oxygen atoms in total. The van der Waals surface area contributed by atoms with Crippen molar-refractivity contribution in [3.8, 4) is 78.8 Å². The van der Waals surface area contributed by atoms with Gasteiger partial charge in [0.2, 0.25) is 0 Å². The number of pyridine rings is 2. The molecule has 0 radical (unpaired) electrons. The van der Waals surface area contributed by atoms with Crippen LogP contribution in [-0.4, -0.2) is 24.9 Å². The normalized spacial score (nSPS) is 12.5. The second-order valence-corrected chi connectivity index (χ2v) is 17.6. The molecule has 12 aromatic rings. The fraction of sp³-hybridized carbons (Fsp3) is 0.0156. The van der Waals surface area contributed by atoms with Crippen LogP contribution in [-0.2, 0) is 5.41 Å². The van der Waals surface area contributed by atoms with Gasteiger partial charge in [0, 0.05) is 45.4 Å². The van der Waals surface area contributed by atoms with Gasteiger partial charge in [-0.15, -0.1) is 0 Å². The van der Waals surface area contributed by atoms with Crippen LogP contribution in [0.15, 0.2) is 249 Å². The van der Waals surface area contributed by atoms with Gasteiger partial charge in [-0.1, -0.05) is 206 Å². The molecule has 0 saturated heterocycles. The minimum absolute atomic E-state index is 0.541. The quantitative estimate of drug-likeness (QED) is 0.142. The minimum atomic E-state index is -0.541. The first-order chi connectivity index (χ1) is 34.2. The van der Waals surface area contributed by atoms with E-state index >= 15 is 0 Å². The number of aromatic nitrogens is 5. The summed E-state index contributed by atoms with van der Waals surface area (Å²) in [6.45, 7) is 0. The molecule has 0 atom stereocenters. The summed E-state index contributed by atoms with van der Waals surface area (Å²) < 4.78 is 0. The minimum Gasteiger partial charge on any atom is -0.264 e. The Labute approximate surface area is 400 Å². The maximum absolute atomic E-state index is 5.25. The van der Waals surface area contributed by atoms with Crippen molar-refractivity contribution < 1.29 is 0 Å². The van der Waals surface area contributed by atoms with E-state index < -0.39 is 5.41 Å². The van der Waals surface area contributed by atoms with E-state index in [1.54, 1.807) is 0 Å². The molecule has 0 saturated carbocycles. The van der Waals surface area contributed by atoms with E-state index in [2.05, 4.69) is 199 Å². The fourth-order valence-corrected chi connectivity index (χ4v) is 10.6. The van der Waals surface area contributed by atoms with Crippen LogP contribution >= 0.6 is 0 Å². The van der Waals surface area contributed by atoms with Crippen LogP contribution in [0.5, 0.6) is 0 Å². The summed E-state index contributed by atoms with van der Waals surface area (Å²) in [6, 6.07) is 84.0.